The predicted octanol–water partition coefficient (Wildman–Crippen LogP) is 0.521. The molecule has 4 rings (SSSR count). The molecule has 0 aliphatic carbocycles. The van der Waals surface area contributed by atoms with Crippen LogP contribution in [0.15, 0.2) is 29.5 Å². The average molecular weight is 370 g/mol. The Labute approximate surface area is 156 Å². The highest BCUT2D eigenvalue weighted by molar-refractivity contribution is 5.97. The minimum atomic E-state index is -0.761. The van der Waals surface area contributed by atoms with Crippen molar-refractivity contribution in [2.45, 2.75) is 38.6 Å². The van der Waals surface area contributed by atoms with Crippen molar-refractivity contribution < 1.29 is 9.90 Å². The third-order valence-electron chi connectivity index (χ3n) is 5.38. The number of carbonyl (C=O) groups excluding carboxylic acids is 1. The number of carbonyl (C=O) groups is 1. The lowest BCUT2D eigenvalue weighted by Gasteiger charge is -2.41. The number of nitrogens with zero attached hydrogens (tertiary/aromatic N) is 4. The standard InChI is InChI=1S/C18H22N6O3/c1-11-9-13(21-14-3-6-19-10-20-14)17(27)24-15(11)16(26)22-18(24)4-7-23(8-5-18)12(2)25/h3,6,9-10,12,25H,4-5,7-8H2,1-2H3,(H,22,26)(H,19,20,21). The molecule has 27 heavy (non-hydrogen) atoms. The van der Waals surface area contributed by atoms with E-state index >= 15 is 0 Å². The van der Waals surface area contributed by atoms with E-state index in [2.05, 4.69) is 20.6 Å². The summed E-state index contributed by atoms with van der Waals surface area (Å²) in [5.41, 5.74) is 0.460. The van der Waals surface area contributed by atoms with E-state index in [1.807, 2.05) is 11.8 Å². The van der Waals surface area contributed by atoms with Gasteiger partial charge in [0.05, 0.1) is 0 Å². The smallest absolute Gasteiger partial charge is 0.276 e. The molecular weight excluding hydrogens is 348 g/mol. The van der Waals surface area contributed by atoms with Crippen LogP contribution in [0, 0.1) is 6.92 Å². The van der Waals surface area contributed by atoms with Crippen molar-refractivity contribution in [1.29, 1.82) is 0 Å². The summed E-state index contributed by atoms with van der Waals surface area (Å²) in [6.07, 6.45) is 3.53. The van der Waals surface area contributed by atoms with Crippen LogP contribution in [0.2, 0.25) is 0 Å². The van der Waals surface area contributed by atoms with Crippen LogP contribution in [0.3, 0.4) is 0 Å². The van der Waals surface area contributed by atoms with Crippen molar-refractivity contribution in [3.8, 4) is 0 Å². The maximum Gasteiger partial charge on any atom is 0.276 e. The molecule has 9 nitrogen and oxygen atoms in total. The lowest BCUT2D eigenvalue weighted by Crippen LogP contribution is -2.55. The molecule has 4 heterocycles. The Balaban J connectivity index is 1.76. The number of anilines is 2. The first kappa shape index (κ1) is 17.6. The number of aryl methyl sites for hydroxylation is 1. The van der Waals surface area contributed by atoms with Crippen LogP contribution in [0.5, 0.6) is 0 Å². The van der Waals surface area contributed by atoms with Crippen molar-refractivity contribution in [2.75, 3.05) is 18.4 Å². The summed E-state index contributed by atoms with van der Waals surface area (Å²) in [4.78, 5) is 35.8. The second-order valence-electron chi connectivity index (χ2n) is 7.10. The zero-order chi connectivity index (χ0) is 19.2. The quantitative estimate of drug-likeness (QED) is 0.722. The van der Waals surface area contributed by atoms with Gasteiger partial charge in [0.25, 0.3) is 11.5 Å². The number of aliphatic hydroxyl groups is 1. The number of piperidine rings is 1. The number of aliphatic hydroxyl groups excluding tert-OH is 1. The zero-order valence-corrected chi connectivity index (χ0v) is 15.3. The van der Waals surface area contributed by atoms with Gasteiger partial charge < -0.3 is 15.7 Å². The highest BCUT2D eigenvalue weighted by Crippen LogP contribution is 2.34. The number of pyridine rings is 1. The van der Waals surface area contributed by atoms with E-state index in [-0.39, 0.29) is 11.5 Å². The number of hydrogen-bond acceptors (Lipinski definition) is 7. The van der Waals surface area contributed by atoms with Gasteiger partial charge in [0, 0.05) is 32.1 Å². The zero-order valence-electron chi connectivity index (χ0n) is 15.3. The highest BCUT2D eigenvalue weighted by Gasteiger charge is 2.46. The van der Waals surface area contributed by atoms with Crippen LogP contribution in [0.1, 0.15) is 35.8 Å². The van der Waals surface area contributed by atoms with Gasteiger partial charge in [0.1, 0.15) is 35.4 Å². The van der Waals surface area contributed by atoms with E-state index in [1.54, 1.807) is 29.8 Å². The van der Waals surface area contributed by atoms with Crippen LogP contribution in [0.4, 0.5) is 11.5 Å². The van der Waals surface area contributed by atoms with E-state index in [0.717, 1.165) is 5.56 Å². The molecule has 1 fully saturated rings. The number of likely N-dealkylation sites (tertiary alicyclic amines) is 1. The maximum atomic E-state index is 13.3. The summed E-state index contributed by atoms with van der Waals surface area (Å²) in [6, 6.07) is 3.35. The molecule has 1 spiro atoms. The third-order valence-corrected chi connectivity index (χ3v) is 5.38. The van der Waals surface area contributed by atoms with Gasteiger partial charge in [-0.05, 0) is 31.5 Å². The van der Waals surface area contributed by atoms with Gasteiger partial charge in [-0.15, -0.1) is 0 Å². The topological polar surface area (TPSA) is 112 Å². The molecule has 0 bridgehead atoms. The molecule has 2 aromatic heterocycles. The number of amides is 1. The van der Waals surface area contributed by atoms with E-state index in [4.69, 9.17) is 0 Å². The summed E-state index contributed by atoms with van der Waals surface area (Å²) in [5, 5.41) is 15.9. The second kappa shape index (κ2) is 6.43. The van der Waals surface area contributed by atoms with Gasteiger partial charge >= 0.3 is 0 Å². The van der Waals surface area contributed by atoms with Gasteiger partial charge in [0.15, 0.2) is 0 Å². The first-order valence-electron chi connectivity index (χ1n) is 8.96. The van der Waals surface area contributed by atoms with Crippen molar-refractivity contribution in [3.63, 3.8) is 0 Å². The molecule has 1 atom stereocenters. The number of nitrogens with one attached hydrogen (secondary N) is 2. The monoisotopic (exact) mass is 370 g/mol. The van der Waals surface area contributed by atoms with Crippen LogP contribution in [-0.2, 0) is 5.66 Å². The summed E-state index contributed by atoms with van der Waals surface area (Å²) in [7, 11) is 0. The molecule has 142 valence electrons. The molecule has 2 aliphatic heterocycles. The molecule has 3 N–H and O–H groups in total. The molecule has 0 saturated carbocycles. The van der Waals surface area contributed by atoms with E-state index in [0.29, 0.717) is 43.1 Å². The molecule has 1 amide bonds. The van der Waals surface area contributed by atoms with Crippen LogP contribution >= 0.6 is 0 Å². The lowest BCUT2D eigenvalue weighted by atomic mass is 9.96. The van der Waals surface area contributed by atoms with E-state index in [9.17, 15) is 14.7 Å². The summed E-state index contributed by atoms with van der Waals surface area (Å²) in [6.45, 7) is 4.72. The molecule has 2 aromatic rings. The molecule has 0 aromatic carbocycles. The first-order valence-corrected chi connectivity index (χ1v) is 8.96. The summed E-state index contributed by atoms with van der Waals surface area (Å²) < 4.78 is 1.59. The van der Waals surface area contributed by atoms with Gasteiger partial charge in [0.2, 0.25) is 0 Å². The first-order chi connectivity index (χ1) is 12.9. The Morgan fingerprint density at radius 1 is 1.33 bits per heavy atom. The molecule has 2 aliphatic rings. The van der Waals surface area contributed by atoms with Gasteiger partial charge in [-0.25, -0.2) is 9.97 Å². The maximum absolute atomic E-state index is 13.3. The molecule has 0 radical (unpaired) electrons. The third kappa shape index (κ3) is 2.88. The van der Waals surface area contributed by atoms with Crippen molar-refractivity contribution in [2.24, 2.45) is 0 Å². The fourth-order valence-corrected chi connectivity index (χ4v) is 3.97. The van der Waals surface area contributed by atoms with Crippen LogP contribution in [0.25, 0.3) is 0 Å². The molecular formula is C18H22N6O3. The predicted molar refractivity (Wildman–Crippen MR) is 98.7 cm³/mol. The lowest BCUT2D eigenvalue weighted by molar-refractivity contribution is -0.0234. The van der Waals surface area contributed by atoms with E-state index < -0.39 is 11.9 Å². The fourth-order valence-electron chi connectivity index (χ4n) is 3.97. The number of aromatic nitrogens is 3. The minimum absolute atomic E-state index is 0.233. The Morgan fingerprint density at radius 2 is 2.07 bits per heavy atom. The Morgan fingerprint density at radius 3 is 2.70 bits per heavy atom. The average Bonchev–Trinajstić information content (AvgIpc) is 2.93. The Bertz CT molecular complexity index is 932. The molecule has 1 saturated heterocycles. The molecule has 9 heteroatoms. The minimum Gasteiger partial charge on any atom is -0.379 e. The fraction of sp³-hybridized carbons (Fsp3) is 0.444. The number of rotatable bonds is 3. The van der Waals surface area contributed by atoms with Gasteiger partial charge in [-0.1, -0.05) is 0 Å². The summed E-state index contributed by atoms with van der Waals surface area (Å²) >= 11 is 0. The van der Waals surface area contributed by atoms with Crippen molar-refractivity contribution in [3.05, 3.63) is 46.3 Å². The van der Waals surface area contributed by atoms with E-state index in [1.165, 1.54) is 6.33 Å². The SMILES string of the molecule is Cc1cc(Nc2ccncn2)c(=O)n2c1C(=O)NC21CCN(C(C)O)CC1. The van der Waals surface area contributed by atoms with Gasteiger partial charge in [-0.3, -0.25) is 19.1 Å². The highest BCUT2D eigenvalue weighted by atomic mass is 16.3. The Hall–Kier alpha value is -2.78. The van der Waals surface area contributed by atoms with Crippen molar-refractivity contribution in [1.82, 2.24) is 24.8 Å². The number of hydrogen-bond donors (Lipinski definition) is 3. The number of fused-ring (bicyclic) bond motifs is 2. The van der Waals surface area contributed by atoms with Gasteiger partial charge in [-0.2, -0.15) is 0 Å². The second-order valence-corrected chi connectivity index (χ2v) is 7.10. The molecule has 1 unspecified atom stereocenters. The normalized spacial score (nSPS) is 19.6. The van der Waals surface area contributed by atoms with Crippen LogP contribution < -0.4 is 16.2 Å². The largest absolute Gasteiger partial charge is 0.379 e. The van der Waals surface area contributed by atoms with Crippen molar-refractivity contribution >= 4 is 17.4 Å². The summed E-state index contributed by atoms with van der Waals surface area (Å²) in [5.74, 6) is 0.279. The Kier molecular flexibility index (Phi) is 4.20. The van der Waals surface area contributed by atoms with Crippen LogP contribution in [-0.4, -0.2) is 49.8 Å².